The second-order valence-corrected chi connectivity index (χ2v) is 5.13. The molecule has 3 nitrogen and oxygen atoms in total. The zero-order valence-corrected chi connectivity index (χ0v) is 9.95. The Morgan fingerprint density at radius 1 is 1.25 bits per heavy atom. The second kappa shape index (κ2) is 4.13. The number of hydrogen-bond donors (Lipinski definition) is 0. The molecule has 3 rings (SSSR count). The Kier molecular flexibility index (Phi) is 2.64. The quantitative estimate of drug-likeness (QED) is 0.753. The highest BCUT2D eigenvalue weighted by Crippen LogP contribution is 2.30. The first-order chi connectivity index (χ1) is 7.83. The smallest absolute Gasteiger partial charge is 0.115 e. The van der Waals surface area contributed by atoms with E-state index in [4.69, 9.17) is 0 Å². The SMILES string of the molecule is Cc1ncnc2c1CCN(CC1CC1)CC2. The molecule has 1 aromatic rings. The first-order valence-electron chi connectivity index (χ1n) is 6.34. The van der Waals surface area contributed by atoms with Gasteiger partial charge in [0.1, 0.15) is 6.33 Å². The van der Waals surface area contributed by atoms with Gasteiger partial charge in [0.05, 0.1) is 0 Å². The molecular formula is C13H19N3. The predicted molar refractivity (Wildman–Crippen MR) is 63.3 cm³/mol. The molecule has 0 N–H and O–H groups in total. The molecule has 3 heteroatoms. The van der Waals surface area contributed by atoms with E-state index in [1.54, 1.807) is 6.33 Å². The minimum absolute atomic E-state index is 0.994. The molecule has 0 unspecified atom stereocenters. The van der Waals surface area contributed by atoms with Crippen molar-refractivity contribution in [3.8, 4) is 0 Å². The summed E-state index contributed by atoms with van der Waals surface area (Å²) in [7, 11) is 0. The third kappa shape index (κ3) is 2.09. The molecule has 16 heavy (non-hydrogen) atoms. The molecule has 2 aliphatic rings. The molecule has 1 saturated carbocycles. The summed E-state index contributed by atoms with van der Waals surface area (Å²) < 4.78 is 0. The van der Waals surface area contributed by atoms with Crippen molar-refractivity contribution in [3.63, 3.8) is 0 Å². The maximum Gasteiger partial charge on any atom is 0.115 e. The largest absolute Gasteiger partial charge is 0.302 e. The van der Waals surface area contributed by atoms with Crippen molar-refractivity contribution in [3.05, 3.63) is 23.3 Å². The zero-order chi connectivity index (χ0) is 11.0. The Hall–Kier alpha value is -0.960. The van der Waals surface area contributed by atoms with Gasteiger partial charge in [-0.05, 0) is 37.7 Å². The fourth-order valence-electron chi connectivity index (χ4n) is 2.58. The van der Waals surface area contributed by atoms with E-state index >= 15 is 0 Å². The van der Waals surface area contributed by atoms with E-state index in [9.17, 15) is 0 Å². The summed E-state index contributed by atoms with van der Waals surface area (Å²) in [6, 6.07) is 0. The number of fused-ring (bicyclic) bond motifs is 1. The lowest BCUT2D eigenvalue weighted by Crippen LogP contribution is -2.28. The number of aromatic nitrogens is 2. The van der Waals surface area contributed by atoms with Crippen molar-refractivity contribution in [2.75, 3.05) is 19.6 Å². The van der Waals surface area contributed by atoms with Crippen molar-refractivity contribution in [1.82, 2.24) is 14.9 Å². The van der Waals surface area contributed by atoms with E-state index in [2.05, 4.69) is 21.8 Å². The van der Waals surface area contributed by atoms with E-state index in [1.165, 1.54) is 49.4 Å². The van der Waals surface area contributed by atoms with Crippen LogP contribution in [-0.2, 0) is 12.8 Å². The topological polar surface area (TPSA) is 29.0 Å². The molecule has 0 radical (unpaired) electrons. The molecule has 0 atom stereocenters. The molecule has 2 heterocycles. The third-order valence-corrected chi connectivity index (χ3v) is 3.81. The van der Waals surface area contributed by atoms with Crippen LogP contribution in [0.25, 0.3) is 0 Å². The van der Waals surface area contributed by atoms with Crippen molar-refractivity contribution < 1.29 is 0 Å². The van der Waals surface area contributed by atoms with Crippen LogP contribution < -0.4 is 0 Å². The van der Waals surface area contributed by atoms with Crippen LogP contribution in [0.5, 0.6) is 0 Å². The Balaban J connectivity index is 1.73. The summed E-state index contributed by atoms with van der Waals surface area (Å²) in [4.78, 5) is 11.3. The lowest BCUT2D eigenvalue weighted by atomic mass is 10.1. The van der Waals surface area contributed by atoms with E-state index in [-0.39, 0.29) is 0 Å². The molecule has 0 amide bonds. The predicted octanol–water partition coefficient (Wildman–Crippen LogP) is 1.60. The maximum atomic E-state index is 4.43. The average Bonchev–Trinajstić information content (AvgIpc) is 3.08. The van der Waals surface area contributed by atoms with Gasteiger partial charge >= 0.3 is 0 Å². The number of nitrogens with zero attached hydrogens (tertiary/aromatic N) is 3. The van der Waals surface area contributed by atoms with Gasteiger partial charge in [-0.15, -0.1) is 0 Å². The number of aryl methyl sites for hydroxylation is 1. The van der Waals surface area contributed by atoms with E-state index < -0.39 is 0 Å². The molecule has 1 fully saturated rings. The summed E-state index contributed by atoms with van der Waals surface area (Å²) in [6.45, 7) is 5.79. The summed E-state index contributed by atoms with van der Waals surface area (Å²) in [5, 5.41) is 0. The summed E-state index contributed by atoms with van der Waals surface area (Å²) in [5.74, 6) is 0.994. The Bertz CT molecular complexity index is 385. The van der Waals surface area contributed by atoms with Gasteiger partial charge in [-0.3, -0.25) is 0 Å². The molecular weight excluding hydrogens is 198 g/mol. The molecule has 1 aliphatic heterocycles. The van der Waals surface area contributed by atoms with Gasteiger partial charge in [-0.1, -0.05) is 0 Å². The average molecular weight is 217 g/mol. The molecule has 1 aromatic heterocycles. The first-order valence-corrected chi connectivity index (χ1v) is 6.34. The van der Waals surface area contributed by atoms with Crippen molar-refractivity contribution in [2.24, 2.45) is 5.92 Å². The third-order valence-electron chi connectivity index (χ3n) is 3.81. The molecule has 0 aromatic carbocycles. The van der Waals surface area contributed by atoms with Gasteiger partial charge in [0.2, 0.25) is 0 Å². The maximum absolute atomic E-state index is 4.43. The lowest BCUT2D eigenvalue weighted by molar-refractivity contribution is 0.275. The van der Waals surface area contributed by atoms with Crippen LogP contribution in [0.4, 0.5) is 0 Å². The Morgan fingerprint density at radius 2 is 2.06 bits per heavy atom. The number of hydrogen-bond acceptors (Lipinski definition) is 3. The highest BCUT2D eigenvalue weighted by atomic mass is 15.1. The van der Waals surface area contributed by atoms with Crippen LogP contribution in [0.3, 0.4) is 0 Å². The normalized spacial score (nSPS) is 21.6. The highest BCUT2D eigenvalue weighted by Gasteiger charge is 2.25. The minimum Gasteiger partial charge on any atom is -0.302 e. The zero-order valence-electron chi connectivity index (χ0n) is 9.95. The van der Waals surface area contributed by atoms with Crippen molar-refractivity contribution in [1.29, 1.82) is 0 Å². The summed E-state index contributed by atoms with van der Waals surface area (Å²) in [5.41, 5.74) is 3.87. The van der Waals surface area contributed by atoms with Crippen LogP contribution in [0, 0.1) is 12.8 Å². The molecule has 0 bridgehead atoms. The van der Waals surface area contributed by atoms with Crippen molar-refractivity contribution in [2.45, 2.75) is 32.6 Å². The van der Waals surface area contributed by atoms with Gasteiger partial charge in [0.15, 0.2) is 0 Å². The van der Waals surface area contributed by atoms with Gasteiger partial charge in [-0.25, -0.2) is 9.97 Å². The lowest BCUT2D eigenvalue weighted by Gasteiger charge is -2.18. The fraction of sp³-hybridized carbons (Fsp3) is 0.692. The summed E-state index contributed by atoms with van der Waals surface area (Å²) >= 11 is 0. The van der Waals surface area contributed by atoms with Crippen LogP contribution >= 0.6 is 0 Å². The molecule has 0 saturated heterocycles. The summed E-state index contributed by atoms with van der Waals surface area (Å²) in [6.07, 6.45) is 6.84. The van der Waals surface area contributed by atoms with E-state index in [1.807, 2.05) is 0 Å². The van der Waals surface area contributed by atoms with Crippen LogP contribution in [-0.4, -0.2) is 34.5 Å². The van der Waals surface area contributed by atoms with Gasteiger partial charge in [-0.2, -0.15) is 0 Å². The van der Waals surface area contributed by atoms with Gasteiger partial charge < -0.3 is 4.90 Å². The monoisotopic (exact) mass is 217 g/mol. The standard InChI is InChI=1S/C13H19N3/c1-10-12-4-6-16(8-11-2-3-11)7-5-13(12)15-9-14-10/h9,11H,2-8H2,1H3. The van der Waals surface area contributed by atoms with Crippen LogP contribution in [0.2, 0.25) is 0 Å². The van der Waals surface area contributed by atoms with Crippen molar-refractivity contribution >= 4 is 0 Å². The Morgan fingerprint density at radius 3 is 2.88 bits per heavy atom. The van der Waals surface area contributed by atoms with Gasteiger partial charge in [0, 0.05) is 37.4 Å². The van der Waals surface area contributed by atoms with Crippen LogP contribution in [0.1, 0.15) is 29.8 Å². The molecule has 0 spiro atoms. The van der Waals surface area contributed by atoms with Crippen LogP contribution in [0.15, 0.2) is 6.33 Å². The highest BCUT2D eigenvalue weighted by molar-refractivity contribution is 5.25. The van der Waals surface area contributed by atoms with E-state index in [0.717, 1.165) is 18.8 Å². The first kappa shape index (κ1) is 10.2. The van der Waals surface area contributed by atoms with Gasteiger partial charge in [0.25, 0.3) is 0 Å². The fourth-order valence-corrected chi connectivity index (χ4v) is 2.58. The number of rotatable bonds is 2. The van der Waals surface area contributed by atoms with E-state index in [0.29, 0.717) is 0 Å². The molecule has 1 aliphatic carbocycles. The molecule has 86 valence electrons. The minimum atomic E-state index is 0.994. The Labute approximate surface area is 96.9 Å². The second-order valence-electron chi connectivity index (χ2n) is 5.13.